The van der Waals surface area contributed by atoms with E-state index in [9.17, 15) is 9.90 Å². The van der Waals surface area contributed by atoms with Gasteiger partial charge in [0.2, 0.25) is 0 Å². The van der Waals surface area contributed by atoms with Crippen molar-refractivity contribution in [2.45, 2.75) is 52.4 Å². The number of aliphatic hydroxyl groups excluding tert-OH is 1. The fourth-order valence-electron chi connectivity index (χ4n) is 2.97. The Hall–Kier alpha value is -3.31. The third-order valence-electron chi connectivity index (χ3n) is 4.15. The average molecular weight is 393 g/mol. The van der Waals surface area contributed by atoms with Crippen molar-refractivity contribution in [3.05, 3.63) is 42.1 Å². The van der Waals surface area contributed by atoms with Crippen molar-refractivity contribution < 1.29 is 14.6 Å². The van der Waals surface area contributed by atoms with E-state index in [1.54, 1.807) is 24.0 Å². The van der Waals surface area contributed by atoms with E-state index >= 15 is 0 Å². The van der Waals surface area contributed by atoms with Gasteiger partial charge in [0, 0.05) is 23.3 Å². The molecule has 0 aliphatic heterocycles. The molecule has 0 saturated carbocycles. The van der Waals surface area contributed by atoms with Crippen molar-refractivity contribution in [3.63, 3.8) is 0 Å². The molecule has 0 radical (unpaired) electrons. The lowest BCUT2D eigenvalue weighted by molar-refractivity contribution is -0.155. The third-order valence-corrected chi connectivity index (χ3v) is 4.15. The molecule has 29 heavy (non-hydrogen) atoms. The summed E-state index contributed by atoms with van der Waals surface area (Å²) in [7, 11) is 0. The minimum Gasteiger partial charge on any atom is -0.459 e. The number of nitrogens with zero attached hydrogens (tertiary/aromatic N) is 5. The molecule has 150 valence electrons. The Labute approximate surface area is 168 Å². The Morgan fingerprint density at radius 2 is 1.97 bits per heavy atom. The first-order valence-electron chi connectivity index (χ1n) is 9.26. The van der Waals surface area contributed by atoms with Crippen LogP contribution in [0.25, 0.3) is 22.0 Å². The monoisotopic (exact) mass is 393 g/mol. The SMILES string of the molecule is CC(O)c1nn(CC(=O)OC(C)(C)C)c2ccc(-c3cnc(CC#N)nc3)cc12. The number of carbonyl (C=O) groups is 1. The van der Waals surface area contributed by atoms with Crippen LogP contribution in [0.5, 0.6) is 0 Å². The molecule has 0 aliphatic carbocycles. The lowest BCUT2D eigenvalue weighted by Gasteiger charge is -2.19. The molecule has 2 aromatic heterocycles. The number of ether oxygens (including phenoxy) is 1. The number of benzene rings is 1. The first kappa shape index (κ1) is 20.4. The van der Waals surface area contributed by atoms with Crippen LogP contribution in [-0.2, 0) is 22.5 Å². The molecular formula is C21H23N5O3. The number of fused-ring (bicyclic) bond motifs is 1. The van der Waals surface area contributed by atoms with Crippen molar-refractivity contribution >= 4 is 16.9 Å². The molecule has 1 aromatic carbocycles. The molecule has 1 N–H and O–H groups in total. The van der Waals surface area contributed by atoms with Crippen molar-refractivity contribution in [3.8, 4) is 17.2 Å². The number of carbonyl (C=O) groups excluding carboxylic acids is 1. The fraction of sp³-hybridized carbons (Fsp3) is 0.381. The van der Waals surface area contributed by atoms with Gasteiger partial charge >= 0.3 is 5.97 Å². The number of esters is 1. The van der Waals surface area contributed by atoms with Crippen molar-refractivity contribution in [1.82, 2.24) is 19.7 Å². The van der Waals surface area contributed by atoms with E-state index in [1.165, 1.54) is 0 Å². The molecule has 0 saturated heterocycles. The summed E-state index contributed by atoms with van der Waals surface area (Å²) < 4.78 is 6.93. The molecule has 0 spiro atoms. The summed E-state index contributed by atoms with van der Waals surface area (Å²) in [5.74, 6) is 0.0665. The lowest BCUT2D eigenvalue weighted by Crippen LogP contribution is -2.26. The molecule has 8 nitrogen and oxygen atoms in total. The Kier molecular flexibility index (Phi) is 5.62. The smallest absolute Gasteiger partial charge is 0.328 e. The number of hydrogen-bond donors (Lipinski definition) is 1. The van der Waals surface area contributed by atoms with Crippen molar-refractivity contribution in [1.29, 1.82) is 5.26 Å². The van der Waals surface area contributed by atoms with Gasteiger partial charge in [0.1, 0.15) is 18.0 Å². The summed E-state index contributed by atoms with van der Waals surface area (Å²) in [5, 5.41) is 24.1. The largest absolute Gasteiger partial charge is 0.459 e. The van der Waals surface area contributed by atoms with Crippen LogP contribution in [0.2, 0.25) is 0 Å². The van der Waals surface area contributed by atoms with Crippen LogP contribution in [0, 0.1) is 11.3 Å². The molecular weight excluding hydrogens is 370 g/mol. The van der Waals surface area contributed by atoms with E-state index in [4.69, 9.17) is 10.00 Å². The lowest BCUT2D eigenvalue weighted by atomic mass is 10.0. The van der Waals surface area contributed by atoms with Crippen molar-refractivity contribution in [2.75, 3.05) is 0 Å². The van der Waals surface area contributed by atoms with Crippen LogP contribution in [-0.4, -0.2) is 36.4 Å². The van der Waals surface area contributed by atoms with Gasteiger partial charge in [-0.3, -0.25) is 9.48 Å². The standard InChI is InChI=1S/C21H23N5O3/c1-13(27)20-16-9-14(15-10-23-18(7-8-22)24-11-15)5-6-17(16)26(25-20)12-19(28)29-21(2,3)4/h5-6,9-11,13,27H,7,12H2,1-4H3. The maximum Gasteiger partial charge on any atom is 0.328 e. The first-order valence-corrected chi connectivity index (χ1v) is 9.26. The predicted octanol–water partition coefficient (Wildman–Crippen LogP) is 2.95. The first-order chi connectivity index (χ1) is 13.7. The highest BCUT2D eigenvalue weighted by atomic mass is 16.6. The summed E-state index contributed by atoms with van der Waals surface area (Å²) in [6, 6.07) is 7.63. The summed E-state index contributed by atoms with van der Waals surface area (Å²) >= 11 is 0. The molecule has 0 fully saturated rings. The van der Waals surface area contributed by atoms with Gasteiger partial charge in [-0.25, -0.2) is 9.97 Å². The average Bonchev–Trinajstić information content (AvgIpc) is 2.99. The van der Waals surface area contributed by atoms with Gasteiger partial charge in [-0.1, -0.05) is 6.07 Å². The van der Waals surface area contributed by atoms with Crippen LogP contribution in [0.15, 0.2) is 30.6 Å². The van der Waals surface area contributed by atoms with Crippen molar-refractivity contribution in [2.24, 2.45) is 0 Å². The quantitative estimate of drug-likeness (QED) is 0.663. The van der Waals surface area contributed by atoms with Gasteiger partial charge in [-0.2, -0.15) is 10.4 Å². The molecule has 3 aromatic rings. The number of rotatable bonds is 5. The highest BCUT2D eigenvalue weighted by Crippen LogP contribution is 2.29. The van der Waals surface area contributed by atoms with Gasteiger partial charge in [0.15, 0.2) is 0 Å². The zero-order chi connectivity index (χ0) is 21.2. The minimum atomic E-state index is -0.804. The second-order valence-corrected chi connectivity index (χ2v) is 7.76. The summed E-state index contributed by atoms with van der Waals surface area (Å²) in [6.07, 6.45) is 2.67. The molecule has 2 heterocycles. The van der Waals surface area contributed by atoms with Gasteiger partial charge < -0.3 is 9.84 Å². The van der Waals surface area contributed by atoms with Gasteiger partial charge in [-0.05, 0) is 45.4 Å². The predicted molar refractivity (Wildman–Crippen MR) is 107 cm³/mol. The Morgan fingerprint density at radius 1 is 1.28 bits per heavy atom. The second kappa shape index (κ2) is 7.97. The maximum absolute atomic E-state index is 12.2. The second-order valence-electron chi connectivity index (χ2n) is 7.76. The Bertz CT molecular complexity index is 1070. The van der Waals surface area contributed by atoms with Crippen LogP contribution in [0.4, 0.5) is 0 Å². The van der Waals surface area contributed by atoms with Gasteiger partial charge in [-0.15, -0.1) is 0 Å². The van der Waals surface area contributed by atoms with E-state index in [0.29, 0.717) is 11.5 Å². The Balaban J connectivity index is 1.98. The highest BCUT2D eigenvalue weighted by Gasteiger charge is 2.20. The summed E-state index contributed by atoms with van der Waals surface area (Å²) in [4.78, 5) is 20.6. The molecule has 0 aliphatic rings. The van der Waals surface area contributed by atoms with E-state index in [-0.39, 0.29) is 13.0 Å². The maximum atomic E-state index is 12.2. The highest BCUT2D eigenvalue weighted by molar-refractivity contribution is 5.88. The summed E-state index contributed by atoms with van der Waals surface area (Å²) in [5.41, 5.74) is 2.24. The Morgan fingerprint density at radius 3 is 2.55 bits per heavy atom. The molecule has 8 heteroatoms. The van der Waals surface area contributed by atoms with E-state index in [0.717, 1.165) is 22.0 Å². The summed E-state index contributed by atoms with van der Waals surface area (Å²) in [6.45, 7) is 7.01. The van der Waals surface area contributed by atoms with Crippen LogP contribution in [0.3, 0.4) is 0 Å². The molecule has 3 rings (SSSR count). The molecule has 0 bridgehead atoms. The van der Waals surface area contributed by atoms with E-state index < -0.39 is 17.7 Å². The van der Waals surface area contributed by atoms with E-state index in [1.807, 2.05) is 45.0 Å². The fourth-order valence-corrected chi connectivity index (χ4v) is 2.97. The zero-order valence-electron chi connectivity index (χ0n) is 16.9. The number of hydrogen-bond acceptors (Lipinski definition) is 7. The van der Waals surface area contributed by atoms with Crippen LogP contribution in [0.1, 0.15) is 45.3 Å². The molecule has 0 amide bonds. The van der Waals surface area contributed by atoms with Gasteiger partial charge in [0.05, 0.1) is 29.8 Å². The molecule has 1 atom stereocenters. The van der Waals surface area contributed by atoms with Gasteiger partial charge in [0.25, 0.3) is 0 Å². The third kappa shape index (κ3) is 4.76. The van der Waals surface area contributed by atoms with Crippen LogP contribution < -0.4 is 0 Å². The number of aliphatic hydroxyl groups is 1. The number of nitriles is 1. The van der Waals surface area contributed by atoms with E-state index in [2.05, 4.69) is 15.1 Å². The molecule has 1 unspecified atom stereocenters. The number of aromatic nitrogens is 4. The minimum absolute atomic E-state index is 0.0498. The van der Waals surface area contributed by atoms with Crippen LogP contribution >= 0.6 is 0 Å². The normalized spacial score (nSPS) is 12.6. The zero-order valence-corrected chi connectivity index (χ0v) is 16.9. The topological polar surface area (TPSA) is 114 Å².